The van der Waals surface area contributed by atoms with E-state index in [1.54, 1.807) is 16.8 Å². The summed E-state index contributed by atoms with van der Waals surface area (Å²) in [5, 5.41) is 17.2. The number of anilines is 1. The Morgan fingerprint density at radius 1 is 1.00 bits per heavy atom. The Morgan fingerprint density at radius 3 is 2.39 bits per heavy atom. The number of para-hydroxylation sites is 1. The molecule has 31 heavy (non-hydrogen) atoms. The van der Waals surface area contributed by atoms with Crippen molar-refractivity contribution in [1.82, 2.24) is 9.78 Å². The minimum atomic E-state index is -0.459. The molecule has 0 saturated heterocycles. The van der Waals surface area contributed by atoms with E-state index in [0.717, 1.165) is 16.8 Å². The van der Waals surface area contributed by atoms with Gasteiger partial charge in [0.1, 0.15) is 11.6 Å². The van der Waals surface area contributed by atoms with E-state index in [0.29, 0.717) is 16.9 Å². The van der Waals surface area contributed by atoms with Crippen LogP contribution in [0.1, 0.15) is 11.1 Å². The van der Waals surface area contributed by atoms with Crippen LogP contribution in [0.5, 0.6) is 0 Å². The van der Waals surface area contributed by atoms with Crippen molar-refractivity contribution in [2.75, 3.05) is 5.32 Å². The molecule has 4 rings (SSSR count). The van der Waals surface area contributed by atoms with Gasteiger partial charge in [-0.1, -0.05) is 60.7 Å². The molecule has 0 aliphatic rings. The number of carbonyl (C=O) groups is 1. The van der Waals surface area contributed by atoms with Crippen molar-refractivity contribution >= 4 is 17.7 Å². The Morgan fingerprint density at radius 2 is 1.71 bits per heavy atom. The minimum Gasteiger partial charge on any atom is -0.321 e. The Hall–Kier alpha value is -4.43. The Kier molecular flexibility index (Phi) is 5.72. The third kappa shape index (κ3) is 4.60. The summed E-state index contributed by atoms with van der Waals surface area (Å²) in [5.41, 5.74) is 4.85. The van der Waals surface area contributed by atoms with E-state index in [1.807, 2.05) is 98.1 Å². The van der Waals surface area contributed by atoms with Crippen molar-refractivity contribution in [3.63, 3.8) is 0 Å². The summed E-state index contributed by atoms with van der Waals surface area (Å²) in [4.78, 5) is 12.8. The molecule has 150 valence electrons. The van der Waals surface area contributed by atoms with E-state index in [9.17, 15) is 10.1 Å². The Labute approximate surface area is 180 Å². The zero-order valence-electron chi connectivity index (χ0n) is 17.0. The predicted octanol–water partition coefficient (Wildman–Crippen LogP) is 5.39. The quantitative estimate of drug-likeness (QED) is 0.358. The number of nitriles is 1. The van der Waals surface area contributed by atoms with Crippen molar-refractivity contribution in [3.8, 4) is 23.0 Å². The molecule has 1 heterocycles. The molecule has 0 atom stereocenters. The van der Waals surface area contributed by atoms with Gasteiger partial charge >= 0.3 is 0 Å². The lowest BCUT2D eigenvalue weighted by atomic mass is 10.1. The van der Waals surface area contributed by atoms with Crippen molar-refractivity contribution in [3.05, 3.63) is 108 Å². The number of amides is 1. The molecule has 4 aromatic rings. The first kappa shape index (κ1) is 19.9. The van der Waals surface area contributed by atoms with Gasteiger partial charge in [0, 0.05) is 23.0 Å². The summed E-state index contributed by atoms with van der Waals surface area (Å²) in [7, 11) is 0. The van der Waals surface area contributed by atoms with Gasteiger partial charge in [-0.2, -0.15) is 10.4 Å². The molecular formula is C26H20N4O. The lowest BCUT2D eigenvalue weighted by molar-refractivity contribution is -0.112. The number of rotatable bonds is 5. The first-order valence-electron chi connectivity index (χ1n) is 9.84. The number of aromatic nitrogens is 2. The molecule has 0 radical (unpaired) electrons. The van der Waals surface area contributed by atoms with E-state index in [-0.39, 0.29) is 5.57 Å². The topological polar surface area (TPSA) is 70.7 Å². The SMILES string of the molecule is Cc1cccc(NC(=O)C(C#N)=Cc2cn(-c3ccccc3)nc2-c2ccccc2)c1. The number of hydrogen-bond acceptors (Lipinski definition) is 3. The number of nitrogens with one attached hydrogen (secondary N) is 1. The van der Waals surface area contributed by atoms with Crippen molar-refractivity contribution in [1.29, 1.82) is 5.26 Å². The molecule has 0 aliphatic heterocycles. The van der Waals surface area contributed by atoms with Crippen LogP contribution in [0.2, 0.25) is 0 Å². The highest BCUT2D eigenvalue weighted by Crippen LogP contribution is 2.26. The standard InChI is InChI=1S/C26H20N4O/c1-19-9-8-12-23(15-19)28-26(31)21(17-27)16-22-18-30(24-13-6-3-7-14-24)29-25(22)20-10-4-2-5-11-20/h2-16,18H,1H3,(H,28,31). The summed E-state index contributed by atoms with van der Waals surface area (Å²) in [5.74, 6) is -0.459. The lowest BCUT2D eigenvalue weighted by Crippen LogP contribution is -2.13. The van der Waals surface area contributed by atoms with Gasteiger partial charge in [-0.25, -0.2) is 4.68 Å². The molecule has 5 heteroatoms. The zero-order chi connectivity index (χ0) is 21.6. The van der Waals surface area contributed by atoms with Crippen LogP contribution in [-0.2, 0) is 4.79 Å². The second kappa shape index (κ2) is 8.93. The summed E-state index contributed by atoms with van der Waals surface area (Å²) in [6, 6.07) is 28.9. The van der Waals surface area contributed by atoms with E-state index in [2.05, 4.69) is 5.32 Å². The smallest absolute Gasteiger partial charge is 0.266 e. The second-order valence-electron chi connectivity index (χ2n) is 7.07. The molecule has 0 fully saturated rings. The molecule has 1 N–H and O–H groups in total. The molecule has 0 spiro atoms. The number of aryl methyl sites for hydroxylation is 1. The van der Waals surface area contributed by atoms with Crippen LogP contribution in [0.25, 0.3) is 23.0 Å². The second-order valence-corrected chi connectivity index (χ2v) is 7.07. The number of hydrogen-bond donors (Lipinski definition) is 1. The van der Waals surface area contributed by atoms with Crippen LogP contribution in [0, 0.1) is 18.3 Å². The maximum atomic E-state index is 12.8. The number of benzene rings is 3. The van der Waals surface area contributed by atoms with Crippen LogP contribution in [0.15, 0.2) is 96.7 Å². The largest absolute Gasteiger partial charge is 0.321 e. The molecule has 0 bridgehead atoms. The highest BCUT2D eigenvalue weighted by Gasteiger charge is 2.15. The van der Waals surface area contributed by atoms with Gasteiger partial charge in [-0.15, -0.1) is 0 Å². The molecule has 0 saturated carbocycles. The Balaban J connectivity index is 1.74. The Bertz CT molecular complexity index is 1280. The zero-order valence-corrected chi connectivity index (χ0v) is 17.0. The van der Waals surface area contributed by atoms with Crippen LogP contribution in [-0.4, -0.2) is 15.7 Å². The normalized spacial score (nSPS) is 11.0. The third-order valence-electron chi connectivity index (χ3n) is 4.75. The van der Waals surface area contributed by atoms with Gasteiger partial charge in [-0.05, 0) is 42.8 Å². The molecule has 0 aliphatic carbocycles. The van der Waals surface area contributed by atoms with Crippen molar-refractivity contribution in [2.45, 2.75) is 6.92 Å². The summed E-state index contributed by atoms with van der Waals surface area (Å²) < 4.78 is 1.75. The van der Waals surface area contributed by atoms with Gasteiger partial charge in [-0.3, -0.25) is 4.79 Å². The molecule has 1 amide bonds. The summed E-state index contributed by atoms with van der Waals surface area (Å²) >= 11 is 0. The van der Waals surface area contributed by atoms with Gasteiger partial charge in [0.15, 0.2) is 0 Å². The fourth-order valence-electron chi connectivity index (χ4n) is 3.25. The first-order chi connectivity index (χ1) is 15.1. The van der Waals surface area contributed by atoms with Crippen LogP contribution < -0.4 is 5.32 Å². The predicted molar refractivity (Wildman–Crippen MR) is 122 cm³/mol. The van der Waals surface area contributed by atoms with Gasteiger partial charge < -0.3 is 5.32 Å². The van der Waals surface area contributed by atoms with Crippen molar-refractivity contribution < 1.29 is 4.79 Å². The summed E-state index contributed by atoms with van der Waals surface area (Å²) in [6.07, 6.45) is 3.41. The highest BCUT2D eigenvalue weighted by atomic mass is 16.1. The maximum absolute atomic E-state index is 12.8. The number of carbonyl (C=O) groups excluding carboxylic acids is 1. The van der Waals surface area contributed by atoms with Crippen LogP contribution >= 0.6 is 0 Å². The monoisotopic (exact) mass is 404 g/mol. The summed E-state index contributed by atoms with van der Waals surface area (Å²) in [6.45, 7) is 1.95. The molecule has 1 aromatic heterocycles. The average Bonchev–Trinajstić information content (AvgIpc) is 3.22. The molecule has 0 unspecified atom stereocenters. The third-order valence-corrected chi connectivity index (χ3v) is 4.75. The minimum absolute atomic E-state index is 0.00583. The van der Waals surface area contributed by atoms with E-state index in [1.165, 1.54) is 0 Å². The molecule has 5 nitrogen and oxygen atoms in total. The van der Waals surface area contributed by atoms with Crippen molar-refractivity contribution in [2.24, 2.45) is 0 Å². The molecule has 3 aromatic carbocycles. The number of nitrogens with zero attached hydrogens (tertiary/aromatic N) is 3. The van der Waals surface area contributed by atoms with E-state index in [4.69, 9.17) is 5.10 Å². The fourth-order valence-corrected chi connectivity index (χ4v) is 3.25. The van der Waals surface area contributed by atoms with Crippen LogP contribution in [0.4, 0.5) is 5.69 Å². The van der Waals surface area contributed by atoms with Crippen LogP contribution in [0.3, 0.4) is 0 Å². The van der Waals surface area contributed by atoms with E-state index < -0.39 is 5.91 Å². The maximum Gasteiger partial charge on any atom is 0.266 e. The fraction of sp³-hybridized carbons (Fsp3) is 0.0385. The van der Waals surface area contributed by atoms with Gasteiger partial charge in [0.2, 0.25) is 0 Å². The van der Waals surface area contributed by atoms with Gasteiger partial charge in [0.05, 0.1) is 11.4 Å². The highest BCUT2D eigenvalue weighted by molar-refractivity contribution is 6.10. The van der Waals surface area contributed by atoms with E-state index >= 15 is 0 Å². The lowest BCUT2D eigenvalue weighted by Gasteiger charge is -2.05. The molecular weight excluding hydrogens is 384 g/mol. The van der Waals surface area contributed by atoms with Gasteiger partial charge in [0.25, 0.3) is 5.91 Å². The first-order valence-corrected chi connectivity index (χ1v) is 9.84. The average molecular weight is 404 g/mol.